The van der Waals surface area contributed by atoms with Crippen molar-refractivity contribution in [3.63, 3.8) is 0 Å². The van der Waals surface area contributed by atoms with Crippen LogP contribution < -0.4 is 24.4 Å². The molecule has 1 amide bonds. The number of para-hydroxylation sites is 1. The summed E-state index contributed by atoms with van der Waals surface area (Å²) < 4.78 is 67.7. The second kappa shape index (κ2) is 8.71. The van der Waals surface area contributed by atoms with E-state index >= 15 is 0 Å². The number of benzene rings is 2. The zero-order chi connectivity index (χ0) is 25.7. The van der Waals surface area contributed by atoms with Gasteiger partial charge in [0, 0.05) is 18.0 Å². The number of nitrogens with one attached hydrogen (secondary N) is 1. The number of fused-ring (bicyclic) bond motifs is 2. The van der Waals surface area contributed by atoms with Crippen molar-refractivity contribution in [1.29, 1.82) is 0 Å². The standard InChI is InChI=1S/C23H16ClF4N3O5/c24-15-8-12(11-32)10-29-20(15)31-6-7-34-19-14(2-1-3-16(19)31)21(33)30-13-4-5-17-18(9-13)36-23(27,28)22(25,26)35-17/h1-5,8-10,32H,6-7,11H2,(H,30,33). The molecule has 0 saturated heterocycles. The number of rotatable bonds is 4. The molecule has 1 aromatic heterocycles. The normalized spacial score (nSPS) is 17.1. The van der Waals surface area contributed by atoms with E-state index in [4.69, 9.17) is 16.3 Å². The Kier molecular flexibility index (Phi) is 5.80. The zero-order valence-electron chi connectivity index (χ0n) is 18.1. The highest BCUT2D eigenvalue weighted by Gasteiger charge is 2.65. The van der Waals surface area contributed by atoms with Crippen LogP contribution in [0.4, 0.5) is 34.8 Å². The lowest BCUT2D eigenvalue weighted by Crippen LogP contribution is -2.52. The molecular weight excluding hydrogens is 510 g/mol. The number of amides is 1. The fourth-order valence-corrected chi connectivity index (χ4v) is 4.04. The summed E-state index contributed by atoms with van der Waals surface area (Å²) in [5.41, 5.74) is 1.15. The van der Waals surface area contributed by atoms with E-state index < -0.39 is 29.6 Å². The molecule has 0 radical (unpaired) electrons. The van der Waals surface area contributed by atoms with Crippen molar-refractivity contribution in [3.8, 4) is 17.2 Å². The summed E-state index contributed by atoms with van der Waals surface area (Å²) in [5, 5.41) is 12.1. The van der Waals surface area contributed by atoms with Crippen molar-refractivity contribution in [1.82, 2.24) is 4.98 Å². The van der Waals surface area contributed by atoms with Gasteiger partial charge in [-0.1, -0.05) is 17.7 Å². The minimum atomic E-state index is -4.89. The summed E-state index contributed by atoms with van der Waals surface area (Å²) in [7, 11) is 0. The number of carbonyl (C=O) groups excluding carboxylic acids is 1. The van der Waals surface area contributed by atoms with E-state index in [2.05, 4.69) is 19.8 Å². The molecule has 2 aliphatic heterocycles. The van der Waals surface area contributed by atoms with Crippen LogP contribution in [0.25, 0.3) is 0 Å². The lowest BCUT2D eigenvalue weighted by atomic mass is 10.1. The number of alkyl halides is 4. The second-order valence-electron chi connectivity index (χ2n) is 7.81. The first-order valence-corrected chi connectivity index (χ1v) is 10.8. The maximum atomic E-state index is 13.5. The Bertz CT molecular complexity index is 1360. The summed E-state index contributed by atoms with van der Waals surface area (Å²) in [4.78, 5) is 19.1. The molecule has 3 aromatic rings. The number of aliphatic hydroxyl groups is 1. The number of hydrogen-bond donors (Lipinski definition) is 2. The third kappa shape index (κ3) is 4.11. The fourth-order valence-electron chi connectivity index (χ4n) is 3.75. The van der Waals surface area contributed by atoms with E-state index in [9.17, 15) is 27.5 Å². The van der Waals surface area contributed by atoms with E-state index in [0.717, 1.165) is 12.1 Å². The Morgan fingerprint density at radius 2 is 1.86 bits per heavy atom. The minimum absolute atomic E-state index is 0.00191. The van der Waals surface area contributed by atoms with Crippen LogP contribution in [0.15, 0.2) is 48.7 Å². The predicted octanol–water partition coefficient (Wildman–Crippen LogP) is 4.97. The Balaban J connectivity index is 1.42. The van der Waals surface area contributed by atoms with E-state index in [1.807, 2.05) is 0 Å². The highest BCUT2D eigenvalue weighted by molar-refractivity contribution is 6.33. The maximum absolute atomic E-state index is 13.5. The average Bonchev–Trinajstić information content (AvgIpc) is 2.84. The number of pyridine rings is 1. The number of ether oxygens (including phenoxy) is 3. The Morgan fingerprint density at radius 1 is 1.11 bits per heavy atom. The van der Waals surface area contributed by atoms with Gasteiger partial charge in [-0.15, -0.1) is 0 Å². The molecule has 0 atom stereocenters. The third-order valence-corrected chi connectivity index (χ3v) is 5.70. The van der Waals surface area contributed by atoms with Crippen LogP contribution in [0.3, 0.4) is 0 Å². The van der Waals surface area contributed by atoms with Gasteiger partial charge in [0.1, 0.15) is 6.61 Å². The van der Waals surface area contributed by atoms with Crippen LogP contribution in [-0.2, 0) is 6.61 Å². The largest absolute Gasteiger partial charge is 0.507 e. The van der Waals surface area contributed by atoms with E-state index in [1.54, 1.807) is 23.1 Å². The van der Waals surface area contributed by atoms with Crippen molar-refractivity contribution >= 4 is 34.7 Å². The zero-order valence-corrected chi connectivity index (χ0v) is 18.9. The summed E-state index contributed by atoms with van der Waals surface area (Å²) >= 11 is 6.36. The van der Waals surface area contributed by atoms with E-state index in [1.165, 1.54) is 18.3 Å². The average molecular weight is 526 g/mol. The molecule has 36 heavy (non-hydrogen) atoms. The molecule has 188 valence electrons. The summed E-state index contributed by atoms with van der Waals surface area (Å²) in [6.07, 6.45) is -8.25. The van der Waals surface area contributed by atoms with Gasteiger partial charge in [0.2, 0.25) is 0 Å². The van der Waals surface area contributed by atoms with Crippen molar-refractivity contribution in [2.45, 2.75) is 18.8 Å². The first kappa shape index (κ1) is 23.9. The highest BCUT2D eigenvalue weighted by Crippen LogP contribution is 2.48. The van der Waals surface area contributed by atoms with Gasteiger partial charge in [-0.05, 0) is 35.9 Å². The van der Waals surface area contributed by atoms with E-state index in [0.29, 0.717) is 28.6 Å². The van der Waals surface area contributed by atoms with Crippen LogP contribution in [0.2, 0.25) is 5.02 Å². The number of nitrogens with zero attached hydrogens (tertiary/aromatic N) is 2. The van der Waals surface area contributed by atoms with Crippen LogP contribution in [0, 0.1) is 0 Å². The van der Waals surface area contributed by atoms with Crippen molar-refractivity contribution in [2.75, 3.05) is 23.4 Å². The topological polar surface area (TPSA) is 93.2 Å². The summed E-state index contributed by atoms with van der Waals surface area (Å²) in [6.45, 7) is 0.353. The first-order valence-electron chi connectivity index (χ1n) is 10.5. The van der Waals surface area contributed by atoms with Crippen LogP contribution in [0.1, 0.15) is 15.9 Å². The lowest BCUT2D eigenvalue weighted by Gasteiger charge is -2.32. The van der Waals surface area contributed by atoms with Gasteiger partial charge in [-0.3, -0.25) is 4.79 Å². The monoisotopic (exact) mass is 525 g/mol. The smallest absolute Gasteiger partial charge is 0.489 e. The summed E-state index contributed by atoms with van der Waals surface area (Å²) in [6, 6.07) is 9.52. The van der Waals surface area contributed by atoms with Crippen LogP contribution in [0.5, 0.6) is 17.2 Å². The number of halogens is 5. The maximum Gasteiger partial charge on any atom is 0.507 e. The van der Waals surface area contributed by atoms with Gasteiger partial charge in [0.25, 0.3) is 5.91 Å². The van der Waals surface area contributed by atoms with Crippen molar-refractivity contribution < 1.29 is 41.7 Å². The van der Waals surface area contributed by atoms with Gasteiger partial charge in [0.05, 0.1) is 29.4 Å². The fraction of sp³-hybridized carbons (Fsp3) is 0.217. The first-order chi connectivity index (χ1) is 17.1. The Hall–Kier alpha value is -3.77. The molecular formula is C23H16ClF4N3O5. The molecule has 0 bridgehead atoms. The minimum Gasteiger partial charge on any atom is -0.489 e. The lowest BCUT2D eigenvalue weighted by molar-refractivity contribution is -0.391. The molecule has 5 rings (SSSR count). The SMILES string of the molecule is O=C(Nc1ccc2c(c1)OC(F)(F)C(F)(F)O2)c1cccc2c1OCCN2c1ncc(CO)cc1Cl. The molecule has 0 spiro atoms. The molecule has 0 aliphatic carbocycles. The summed E-state index contributed by atoms with van der Waals surface area (Å²) in [5.74, 6) is -1.28. The Morgan fingerprint density at radius 3 is 2.58 bits per heavy atom. The molecule has 0 saturated carbocycles. The molecule has 2 aliphatic rings. The number of carbonyl (C=O) groups is 1. The van der Waals surface area contributed by atoms with Gasteiger partial charge in [-0.2, -0.15) is 17.6 Å². The van der Waals surface area contributed by atoms with Gasteiger partial charge < -0.3 is 29.5 Å². The highest BCUT2D eigenvalue weighted by atomic mass is 35.5. The number of aliphatic hydroxyl groups excluding tert-OH is 1. The molecule has 2 N–H and O–H groups in total. The van der Waals surface area contributed by atoms with Gasteiger partial charge in [-0.25, -0.2) is 4.98 Å². The molecule has 13 heteroatoms. The Labute approximate surface area is 206 Å². The quantitative estimate of drug-likeness (QED) is 0.465. The molecule has 2 aromatic carbocycles. The number of hydrogen-bond acceptors (Lipinski definition) is 7. The number of anilines is 3. The van der Waals surface area contributed by atoms with E-state index in [-0.39, 0.29) is 30.2 Å². The predicted molar refractivity (Wildman–Crippen MR) is 120 cm³/mol. The van der Waals surface area contributed by atoms with Gasteiger partial charge in [0.15, 0.2) is 23.1 Å². The molecule has 0 unspecified atom stereocenters. The van der Waals surface area contributed by atoms with Crippen LogP contribution >= 0.6 is 11.6 Å². The molecule has 8 nitrogen and oxygen atoms in total. The molecule has 0 fully saturated rings. The second-order valence-corrected chi connectivity index (χ2v) is 8.22. The third-order valence-electron chi connectivity index (χ3n) is 5.42. The van der Waals surface area contributed by atoms with Crippen molar-refractivity contribution in [3.05, 3.63) is 64.8 Å². The van der Waals surface area contributed by atoms with Gasteiger partial charge >= 0.3 is 12.2 Å². The molecule has 3 heterocycles. The van der Waals surface area contributed by atoms with Crippen molar-refractivity contribution in [2.24, 2.45) is 0 Å². The number of aromatic nitrogens is 1. The van der Waals surface area contributed by atoms with Crippen LogP contribution in [-0.4, -0.2) is 41.4 Å².